The van der Waals surface area contributed by atoms with Gasteiger partial charge in [-0.05, 0) is 32.7 Å². The Morgan fingerprint density at radius 3 is 2.41 bits per heavy atom. The fraction of sp³-hybridized carbons (Fsp3) is 0.600. The van der Waals surface area contributed by atoms with Crippen LogP contribution in [0.1, 0.15) is 32.6 Å². The van der Waals surface area contributed by atoms with Crippen molar-refractivity contribution < 1.29 is 33.6 Å². The first-order valence-corrected chi connectivity index (χ1v) is 14.5. The zero-order valence-electron chi connectivity index (χ0n) is 25.4. The van der Waals surface area contributed by atoms with Crippen LogP contribution in [0.5, 0.6) is 0 Å². The van der Waals surface area contributed by atoms with E-state index in [1.807, 2.05) is 0 Å². The minimum atomic E-state index is -1.52. The highest BCUT2D eigenvalue weighted by atomic mass is 16.2. The molecule has 6 atom stereocenters. The van der Waals surface area contributed by atoms with Gasteiger partial charge in [-0.1, -0.05) is 0 Å². The van der Waals surface area contributed by atoms with Gasteiger partial charge in [0.05, 0.1) is 6.04 Å². The van der Waals surface area contributed by atoms with Crippen molar-refractivity contribution in [1.29, 1.82) is 0 Å². The lowest BCUT2D eigenvalue weighted by atomic mass is 10.0. The highest BCUT2D eigenvalue weighted by Gasteiger charge is 2.34. The monoisotopic (exact) mass is 652 g/mol. The Morgan fingerprint density at radius 1 is 1.04 bits per heavy atom. The normalized spacial score (nSPS) is 26.6. The smallest absolute Gasteiger partial charge is 0.316 e. The Morgan fingerprint density at radius 2 is 1.76 bits per heavy atom. The molecule has 46 heavy (non-hydrogen) atoms. The van der Waals surface area contributed by atoms with Crippen LogP contribution in [-0.4, -0.2) is 110 Å². The third-order valence-electron chi connectivity index (χ3n) is 6.84. The summed E-state index contributed by atoms with van der Waals surface area (Å²) in [7, 11) is 0. The van der Waals surface area contributed by atoms with Crippen molar-refractivity contribution in [2.75, 3.05) is 26.2 Å². The van der Waals surface area contributed by atoms with Crippen LogP contribution in [0.25, 0.3) is 0 Å². The molecule has 0 bridgehead atoms. The molecule has 1 saturated heterocycles. The van der Waals surface area contributed by atoms with Crippen LogP contribution in [-0.2, 0) is 28.8 Å². The van der Waals surface area contributed by atoms with E-state index in [-0.39, 0.29) is 31.9 Å². The molecule has 21 heteroatoms. The minimum absolute atomic E-state index is 0.0101. The van der Waals surface area contributed by atoms with E-state index < -0.39 is 90.0 Å². The highest BCUT2D eigenvalue weighted by molar-refractivity contribution is 6.02. The fourth-order valence-corrected chi connectivity index (χ4v) is 4.28. The van der Waals surface area contributed by atoms with Crippen molar-refractivity contribution in [3.05, 3.63) is 11.9 Å². The molecule has 2 aliphatic rings. The summed E-state index contributed by atoms with van der Waals surface area (Å²) in [6, 6.07) is -7.79. The number of primary amides is 1. The summed E-state index contributed by atoms with van der Waals surface area (Å²) in [4.78, 5) is 93.7. The Kier molecular flexibility index (Phi) is 14.6. The van der Waals surface area contributed by atoms with Gasteiger partial charge in [0.2, 0.25) is 29.5 Å². The first-order chi connectivity index (χ1) is 21.7. The number of carbonyl (C=O) groups is 7. The lowest BCUT2D eigenvalue weighted by Gasteiger charge is -2.31. The number of nitrogens with zero attached hydrogens (tertiary/aromatic N) is 1. The maximum atomic E-state index is 13.4. The van der Waals surface area contributed by atoms with E-state index in [1.54, 1.807) is 0 Å². The van der Waals surface area contributed by atoms with Gasteiger partial charge in [-0.3, -0.25) is 33.8 Å². The molecule has 0 aromatic heterocycles. The third kappa shape index (κ3) is 12.2. The number of aliphatic imine (C=N–C) groups is 1. The summed E-state index contributed by atoms with van der Waals surface area (Å²) >= 11 is 0. The number of hydrogen-bond acceptors (Lipinski definition) is 13. The van der Waals surface area contributed by atoms with Gasteiger partial charge in [0, 0.05) is 38.3 Å². The molecule has 0 aromatic rings. The number of carbonyl (C=O) groups excluding carboxylic acids is 7. The molecular weight excluding hydrogens is 608 g/mol. The molecule has 18 N–H and O–H groups in total. The average molecular weight is 653 g/mol. The second-order valence-electron chi connectivity index (χ2n) is 10.7. The number of nitrogens with two attached hydrogens (primary N) is 5. The summed E-state index contributed by atoms with van der Waals surface area (Å²) in [6.45, 7) is 1.08. The lowest BCUT2D eigenvalue weighted by Crippen LogP contribution is -2.63. The van der Waals surface area contributed by atoms with Gasteiger partial charge in [0.15, 0.2) is 5.96 Å². The average Bonchev–Trinajstić information content (AvgIpc) is 3.00. The topological polar surface area (TPSA) is 358 Å². The van der Waals surface area contributed by atoms with Gasteiger partial charge in [-0.2, -0.15) is 0 Å². The van der Waals surface area contributed by atoms with Crippen molar-refractivity contribution in [2.45, 2.75) is 68.9 Å². The van der Waals surface area contributed by atoms with Gasteiger partial charge >= 0.3 is 6.03 Å². The molecule has 2 heterocycles. The van der Waals surface area contributed by atoms with E-state index in [0.717, 1.165) is 6.20 Å². The van der Waals surface area contributed by atoms with Crippen molar-refractivity contribution in [1.82, 2.24) is 42.5 Å². The Labute approximate surface area is 264 Å². The van der Waals surface area contributed by atoms with Crippen LogP contribution >= 0.6 is 0 Å². The molecule has 256 valence electrons. The van der Waals surface area contributed by atoms with Crippen LogP contribution < -0.4 is 71.2 Å². The van der Waals surface area contributed by atoms with Gasteiger partial charge in [-0.15, -0.1) is 0 Å². The van der Waals surface area contributed by atoms with Crippen LogP contribution in [0.4, 0.5) is 4.79 Å². The van der Waals surface area contributed by atoms with Crippen LogP contribution in [0.3, 0.4) is 0 Å². The molecule has 0 aliphatic carbocycles. The molecule has 2 rings (SSSR count). The number of nitrogens with one attached hydrogen (secondary N) is 8. The summed E-state index contributed by atoms with van der Waals surface area (Å²) in [5, 5.41) is 19.4. The standard InChI is InChI=1S/C25H44N14O7/c1-11-19(41)36-15(9-32-17(40)7-12(27)3-2-5-26)21(43)37-16(10-34-25(30)46)22(44)39-18(14-4-6-31-24(29)38-14)23(45)33-8-13(28)20(42)35-11/h10-15,18H,2-9,26-28H2,1H3,(H,32,40)(H,33,45)(H,35,42)(H,36,41)(H,37,43)(H,39,44)(H3,29,31,38)(H3,30,34,46)/b16-10+/t11-,12-,13-,14-,15-,18-/m0/s1. The second kappa shape index (κ2) is 18.1. The fourth-order valence-electron chi connectivity index (χ4n) is 4.28. The molecule has 0 radical (unpaired) electrons. The first kappa shape index (κ1) is 37.2. The molecule has 0 aromatic carbocycles. The molecule has 1 fully saturated rings. The van der Waals surface area contributed by atoms with Gasteiger partial charge in [0.1, 0.15) is 29.9 Å². The Hall–Kier alpha value is -5.02. The maximum Gasteiger partial charge on any atom is 0.316 e. The van der Waals surface area contributed by atoms with Crippen LogP contribution in [0.2, 0.25) is 0 Å². The number of urea groups is 1. The third-order valence-corrected chi connectivity index (χ3v) is 6.84. The number of amides is 8. The molecule has 0 unspecified atom stereocenters. The van der Waals surface area contributed by atoms with E-state index in [0.29, 0.717) is 19.4 Å². The maximum absolute atomic E-state index is 13.4. The predicted octanol–water partition coefficient (Wildman–Crippen LogP) is -7.21. The SMILES string of the molecule is C[C@@H]1NC(=O)[C@@H](N)CNC(=O)[C@H]([C@@H]2CCN=C(N)N2)NC(=O)/C(=C\NC(N)=O)NC(=O)[C@H](CNC(=O)C[C@@H](N)CCCN)NC1=O. The zero-order chi connectivity index (χ0) is 34.4. The van der Waals surface area contributed by atoms with Crippen molar-refractivity contribution in [3.8, 4) is 0 Å². The summed E-state index contributed by atoms with van der Waals surface area (Å²) in [6.07, 6.45) is 2.01. The molecular formula is C25H44N14O7. The number of rotatable bonds is 9. The zero-order valence-corrected chi connectivity index (χ0v) is 25.4. The predicted molar refractivity (Wildman–Crippen MR) is 163 cm³/mol. The van der Waals surface area contributed by atoms with Crippen LogP contribution in [0.15, 0.2) is 16.9 Å². The van der Waals surface area contributed by atoms with E-state index in [1.165, 1.54) is 6.92 Å². The summed E-state index contributed by atoms with van der Waals surface area (Å²) < 4.78 is 0. The Balaban J connectivity index is 2.42. The van der Waals surface area contributed by atoms with E-state index >= 15 is 0 Å². The van der Waals surface area contributed by atoms with E-state index in [4.69, 9.17) is 28.7 Å². The summed E-state index contributed by atoms with van der Waals surface area (Å²) in [5.74, 6) is -5.04. The van der Waals surface area contributed by atoms with E-state index in [2.05, 4.69) is 47.5 Å². The number of guanidine groups is 1. The van der Waals surface area contributed by atoms with E-state index in [9.17, 15) is 33.6 Å². The first-order valence-electron chi connectivity index (χ1n) is 14.5. The van der Waals surface area contributed by atoms with Gasteiger partial charge in [0.25, 0.3) is 5.91 Å². The van der Waals surface area contributed by atoms with Crippen molar-refractivity contribution >= 4 is 47.4 Å². The largest absolute Gasteiger partial charge is 0.370 e. The second-order valence-corrected chi connectivity index (χ2v) is 10.7. The lowest BCUT2D eigenvalue weighted by molar-refractivity contribution is -0.133. The Bertz CT molecular complexity index is 1230. The number of hydrogen-bond donors (Lipinski definition) is 13. The summed E-state index contributed by atoms with van der Waals surface area (Å²) in [5.41, 5.74) is 27.7. The molecule has 21 nitrogen and oxygen atoms in total. The van der Waals surface area contributed by atoms with Gasteiger partial charge in [-0.25, -0.2) is 4.79 Å². The molecule has 0 spiro atoms. The van der Waals surface area contributed by atoms with Crippen LogP contribution in [0, 0.1) is 0 Å². The molecule has 2 aliphatic heterocycles. The molecule has 0 saturated carbocycles. The molecule has 8 amide bonds. The van der Waals surface area contributed by atoms with Crippen molar-refractivity contribution in [3.63, 3.8) is 0 Å². The van der Waals surface area contributed by atoms with Crippen molar-refractivity contribution in [2.24, 2.45) is 33.7 Å². The van der Waals surface area contributed by atoms with Gasteiger partial charge < -0.3 is 71.2 Å². The highest BCUT2D eigenvalue weighted by Crippen LogP contribution is 2.07. The minimum Gasteiger partial charge on any atom is -0.370 e. The quantitative estimate of drug-likeness (QED) is 0.103.